The van der Waals surface area contributed by atoms with Gasteiger partial charge in [-0.15, -0.1) is 0 Å². The molecule has 1 rings (SSSR count). The lowest BCUT2D eigenvalue weighted by Crippen LogP contribution is -2.64. The number of hydrogen-bond donors (Lipinski definition) is 2. The number of rotatable bonds is 1. The molecule has 1 fully saturated rings. The molecule has 1 saturated heterocycles. The Morgan fingerprint density at radius 1 is 1.24 bits per heavy atom. The first-order chi connectivity index (χ1) is 7.54. The van der Waals surface area contributed by atoms with Crippen LogP contribution in [0.1, 0.15) is 6.42 Å². The largest absolute Gasteiger partial charge is 0.429 e. The number of hydroxylamine groups is 1. The summed E-state index contributed by atoms with van der Waals surface area (Å²) >= 11 is 0. The van der Waals surface area contributed by atoms with E-state index in [9.17, 15) is 26.3 Å². The van der Waals surface area contributed by atoms with Gasteiger partial charge in [0.2, 0.25) is 0 Å². The van der Waals surface area contributed by atoms with Crippen LogP contribution >= 0.6 is 0 Å². The Hall–Kier alpha value is -1.03. The van der Waals surface area contributed by atoms with Gasteiger partial charge >= 0.3 is 12.4 Å². The molecular formula is C7H8F6N2O2. The average Bonchev–Trinajstić information content (AvgIpc) is 2.61. The van der Waals surface area contributed by atoms with Crippen LogP contribution in [0.25, 0.3) is 0 Å². The van der Waals surface area contributed by atoms with Crippen LogP contribution < -0.4 is 5.48 Å². The lowest BCUT2D eigenvalue weighted by molar-refractivity contribution is -0.393. The van der Waals surface area contributed by atoms with Crippen molar-refractivity contribution in [2.45, 2.75) is 30.5 Å². The van der Waals surface area contributed by atoms with Gasteiger partial charge in [-0.1, -0.05) is 0 Å². The summed E-state index contributed by atoms with van der Waals surface area (Å²) in [6, 6.07) is 0. The van der Waals surface area contributed by atoms with Crippen molar-refractivity contribution < 1.29 is 36.3 Å². The zero-order valence-corrected chi connectivity index (χ0v) is 8.35. The summed E-state index contributed by atoms with van der Waals surface area (Å²) in [5.41, 5.74) is -3.13. The third-order valence-electron chi connectivity index (χ3n) is 2.30. The number of aliphatic hydroxyl groups is 1. The van der Waals surface area contributed by atoms with Gasteiger partial charge in [-0.3, -0.25) is 15.3 Å². The normalized spacial score (nSPS) is 25.2. The summed E-state index contributed by atoms with van der Waals surface area (Å²) in [7, 11) is 1.16. The van der Waals surface area contributed by atoms with E-state index in [0.29, 0.717) is 0 Å². The van der Waals surface area contributed by atoms with Crippen LogP contribution in [-0.4, -0.2) is 42.0 Å². The van der Waals surface area contributed by atoms with Crippen molar-refractivity contribution in [3.8, 4) is 0 Å². The molecule has 2 N–H and O–H groups in total. The second-order valence-corrected chi connectivity index (χ2v) is 3.34. The Labute approximate surface area is 91.2 Å². The van der Waals surface area contributed by atoms with Gasteiger partial charge in [0.05, 0.1) is 0 Å². The third kappa shape index (κ3) is 2.18. The van der Waals surface area contributed by atoms with Crippen LogP contribution in [0.5, 0.6) is 0 Å². The Kier molecular flexibility index (Phi) is 3.32. The highest BCUT2D eigenvalue weighted by Crippen LogP contribution is 2.47. The van der Waals surface area contributed by atoms with Gasteiger partial charge < -0.3 is 5.11 Å². The van der Waals surface area contributed by atoms with E-state index in [1.165, 1.54) is 0 Å². The maximum Gasteiger partial charge on any atom is 0.429 e. The highest BCUT2D eigenvalue weighted by atomic mass is 19.4. The molecule has 1 aliphatic rings. The first-order valence-corrected chi connectivity index (χ1v) is 4.27. The Balaban J connectivity index is 3.10. The Bertz CT molecular complexity index is 309. The molecule has 0 saturated carbocycles. The van der Waals surface area contributed by atoms with E-state index in [4.69, 9.17) is 5.11 Å². The van der Waals surface area contributed by atoms with Gasteiger partial charge in [0.25, 0.3) is 5.60 Å². The fraction of sp³-hybridized carbons (Fsp3) is 0.857. The number of aliphatic imine (C=N–C) groups is 1. The summed E-state index contributed by atoms with van der Waals surface area (Å²) in [5, 5.41) is 8.93. The summed E-state index contributed by atoms with van der Waals surface area (Å²) in [5.74, 6) is -0.207. The summed E-state index contributed by atoms with van der Waals surface area (Å²) in [6.07, 6.45) is -15.1. The topological polar surface area (TPSA) is 53.9 Å². The van der Waals surface area contributed by atoms with E-state index in [1.54, 1.807) is 5.48 Å². The zero-order valence-electron chi connectivity index (χ0n) is 8.35. The molecule has 1 atom stereocenters. The molecule has 0 aromatic rings. The maximum atomic E-state index is 12.4. The van der Waals surface area contributed by atoms with Crippen molar-refractivity contribution in [2.75, 3.05) is 7.05 Å². The SMILES string of the molecule is CN=C1CC(C(O)(C(F)(F)F)C(F)(F)F)ON1. The fourth-order valence-corrected chi connectivity index (χ4v) is 1.29. The highest BCUT2D eigenvalue weighted by molar-refractivity contribution is 5.83. The highest BCUT2D eigenvalue weighted by Gasteiger charge is 2.75. The molecule has 0 amide bonds. The Morgan fingerprint density at radius 3 is 2.00 bits per heavy atom. The average molecular weight is 266 g/mol. The molecule has 17 heavy (non-hydrogen) atoms. The number of nitrogens with zero attached hydrogens (tertiary/aromatic N) is 1. The molecule has 0 radical (unpaired) electrons. The van der Waals surface area contributed by atoms with E-state index in [-0.39, 0.29) is 5.84 Å². The summed E-state index contributed by atoms with van der Waals surface area (Å²) in [4.78, 5) is 7.45. The standard InChI is InChI=1S/C7H8F6N2O2/c1-14-4-2-3(17-15-4)5(16,6(8,9)10)7(11,12)13/h3,16H,2H2,1H3,(H,14,15). The predicted molar refractivity (Wildman–Crippen MR) is 43.0 cm³/mol. The van der Waals surface area contributed by atoms with Gasteiger partial charge in [0.1, 0.15) is 11.9 Å². The summed E-state index contributed by atoms with van der Waals surface area (Å²) < 4.78 is 74.2. The van der Waals surface area contributed by atoms with Gasteiger partial charge in [-0.25, -0.2) is 0 Å². The minimum absolute atomic E-state index is 0.207. The molecule has 1 heterocycles. The van der Waals surface area contributed by atoms with Gasteiger partial charge in [-0.05, 0) is 0 Å². The van der Waals surface area contributed by atoms with Crippen molar-refractivity contribution >= 4 is 5.84 Å². The minimum Gasteiger partial charge on any atom is -0.372 e. The van der Waals surface area contributed by atoms with E-state index in [0.717, 1.165) is 7.05 Å². The molecule has 1 aliphatic heterocycles. The lowest BCUT2D eigenvalue weighted by Gasteiger charge is -2.35. The van der Waals surface area contributed by atoms with E-state index >= 15 is 0 Å². The molecule has 0 aliphatic carbocycles. The molecule has 4 nitrogen and oxygen atoms in total. The van der Waals surface area contributed by atoms with Crippen LogP contribution in [0.4, 0.5) is 26.3 Å². The van der Waals surface area contributed by atoms with Crippen LogP contribution in [0.3, 0.4) is 0 Å². The summed E-state index contributed by atoms with van der Waals surface area (Å²) in [6.45, 7) is 0. The molecule has 0 bridgehead atoms. The van der Waals surface area contributed by atoms with Crippen molar-refractivity contribution in [3.63, 3.8) is 0 Å². The zero-order chi connectivity index (χ0) is 13.5. The van der Waals surface area contributed by atoms with Gasteiger partial charge in [0.15, 0.2) is 0 Å². The van der Waals surface area contributed by atoms with Crippen LogP contribution in [0, 0.1) is 0 Å². The van der Waals surface area contributed by atoms with Crippen LogP contribution in [0.2, 0.25) is 0 Å². The van der Waals surface area contributed by atoms with Crippen molar-refractivity contribution in [3.05, 3.63) is 0 Å². The predicted octanol–water partition coefficient (Wildman–Crippen LogP) is 1.16. The smallest absolute Gasteiger partial charge is 0.372 e. The minimum atomic E-state index is -5.90. The number of alkyl halides is 6. The third-order valence-corrected chi connectivity index (χ3v) is 2.30. The van der Waals surface area contributed by atoms with Crippen molar-refractivity contribution in [2.24, 2.45) is 4.99 Å². The van der Waals surface area contributed by atoms with E-state index < -0.39 is 30.5 Å². The number of hydrogen-bond acceptors (Lipinski definition) is 3. The monoisotopic (exact) mass is 266 g/mol. The number of amidine groups is 1. The van der Waals surface area contributed by atoms with Gasteiger partial charge in [0, 0.05) is 13.5 Å². The van der Waals surface area contributed by atoms with E-state index in [1.807, 2.05) is 0 Å². The first kappa shape index (κ1) is 14.0. The molecule has 0 aromatic heterocycles. The second kappa shape index (κ2) is 4.02. The number of nitrogens with one attached hydrogen (secondary N) is 1. The molecule has 1 unspecified atom stereocenters. The molecule has 100 valence electrons. The van der Waals surface area contributed by atoms with E-state index in [2.05, 4.69) is 9.83 Å². The first-order valence-electron chi connectivity index (χ1n) is 4.27. The van der Waals surface area contributed by atoms with Crippen LogP contribution in [-0.2, 0) is 4.84 Å². The fourth-order valence-electron chi connectivity index (χ4n) is 1.29. The second-order valence-electron chi connectivity index (χ2n) is 3.34. The quantitative estimate of drug-likeness (QED) is 0.700. The maximum absolute atomic E-state index is 12.4. The molecule has 0 spiro atoms. The number of halogens is 6. The van der Waals surface area contributed by atoms with Crippen LogP contribution in [0.15, 0.2) is 4.99 Å². The van der Waals surface area contributed by atoms with Gasteiger partial charge in [-0.2, -0.15) is 26.3 Å². The lowest BCUT2D eigenvalue weighted by atomic mass is 9.93. The Morgan fingerprint density at radius 2 is 1.71 bits per heavy atom. The molecular weight excluding hydrogens is 258 g/mol. The molecule has 0 aromatic carbocycles. The molecule has 10 heteroatoms. The van der Waals surface area contributed by atoms with Crippen molar-refractivity contribution in [1.82, 2.24) is 5.48 Å². The van der Waals surface area contributed by atoms with Crippen molar-refractivity contribution in [1.29, 1.82) is 0 Å².